The molecule has 4 aromatic rings. The number of hydrogen-bond acceptors (Lipinski definition) is 9. The zero-order valence-electron chi connectivity index (χ0n) is 23.3. The van der Waals surface area contributed by atoms with Crippen molar-refractivity contribution in [1.29, 1.82) is 0 Å². The molecule has 0 spiro atoms. The number of fused-ring (bicyclic) bond motifs is 1. The molecule has 3 aromatic heterocycles. The van der Waals surface area contributed by atoms with Gasteiger partial charge in [-0.15, -0.1) is 0 Å². The zero-order valence-corrected chi connectivity index (χ0v) is 24.1. The van der Waals surface area contributed by atoms with Gasteiger partial charge < -0.3 is 19.0 Å². The second-order valence-electron chi connectivity index (χ2n) is 9.57. The summed E-state index contributed by atoms with van der Waals surface area (Å²) in [5, 5.41) is 11.8. The Balaban J connectivity index is 1.71. The van der Waals surface area contributed by atoms with Crippen molar-refractivity contribution in [2.75, 3.05) is 18.1 Å². The molecule has 1 aromatic carbocycles. The van der Waals surface area contributed by atoms with E-state index < -0.39 is 29.5 Å². The van der Waals surface area contributed by atoms with Crippen LogP contribution in [0, 0.1) is 20.8 Å². The third-order valence-electron chi connectivity index (χ3n) is 6.80. The standard InChI is InChI=1S/C31H28N4O6S/c1-6-14-40-21-12-8-11-20(16-21)24-22(25(36)23-19(5)34-13-9-10-17(3)28(34)33-23)26(37)29(38)35(24)31-32-18(4)27(42-31)30(39)41-15-7-2/h6-13,16,24,36H,1-2,14-15H2,3-5H3/b25-22+. The maximum absolute atomic E-state index is 13.7. The minimum atomic E-state index is -1.09. The van der Waals surface area contributed by atoms with Gasteiger partial charge in [0.1, 0.15) is 35.2 Å². The fourth-order valence-electron chi connectivity index (χ4n) is 4.82. The molecule has 0 bridgehead atoms. The number of aryl methyl sites for hydroxylation is 3. The Hall–Kier alpha value is -5.03. The molecule has 1 amide bonds. The van der Waals surface area contributed by atoms with Gasteiger partial charge in [0.05, 0.1) is 23.0 Å². The molecule has 1 unspecified atom stereocenters. The van der Waals surface area contributed by atoms with E-state index in [-0.39, 0.29) is 34.5 Å². The smallest absolute Gasteiger partial charge is 0.350 e. The molecule has 42 heavy (non-hydrogen) atoms. The molecule has 214 valence electrons. The average molecular weight is 585 g/mol. The van der Waals surface area contributed by atoms with Crippen LogP contribution in [-0.2, 0) is 14.3 Å². The Morgan fingerprint density at radius 1 is 1.10 bits per heavy atom. The third-order valence-corrected chi connectivity index (χ3v) is 7.94. The number of aliphatic hydroxyl groups is 1. The second kappa shape index (κ2) is 11.5. The van der Waals surface area contributed by atoms with Crippen LogP contribution in [0.15, 0.2) is 73.5 Å². The van der Waals surface area contributed by atoms with Crippen molar-refractivity contribution in [2.45, 2.75) is 26.8 Å². The van der Waals surface area contributed by atoms with Gasteiger partial charge in [0, 0.05) is 6.20 Å². The maximum Gasteiger partial charge on any atom is 0.350 e. The van der Waals surface area contributed by atoms with Crippen LogP contribution < -0.4 is 9.64 Å². The summed E-state index contributed by atoms with van der Waals surface area (Å²) in [6.45, 7) is 12.7. The number of carbonyl (C=O) groups is 3. The van der Waals surface area contributed by atoms with Crippen LogP contribution in [-0.4, -0.2) is 50.3 Å². The van der Waals surface area contributed by atoms with Crippen LogP contribution in [0.4, 0.5) is 5.13 Å². The molecule has 5 rings (SSSR count). The largest absolute Gasteiger partial charge is 0.505 e. The van der Waals surface area contributed by atoms with E-state index in [4.69, 9.17) is 9.47 Å². The summed E-state index contributed by atoms with van der Waals surface area (Å²) in [6.07, 6.45) is 4.85. The highest BCUT2D eigenvalue weighted by Gasteiger charge is 2.49. The summed E-state index contributed by atoms with van der Waals surface area (Å²) in [5.74, 6) is -2.39. The Morgan fingerprint density at radius 3 is 2.57 bits per heavy atom. The van der Waals surface area contributed by atoms with Crippen molar-refractivity contribution in [2.24, 2.45) is 0 Å². The van der Waals surface area contributed by atoms with Crippen molar-refractivity contribution < 1.29 is 29.0 Å². The van der Waals surface area contributed by atoms with E-state index in [9.17, 15) is 19.5 Å². The highest BCUT2D eigenvalue weighted by atomic mass is 32.1. The van der Waals surface area contributed by atoms with E-state index in [1.165, 1.54) is 11.0 Å². The van der Waals surface area contributed by atoms with E-state index in [0.29, 0.717) is 28.3 Å². The number of rotatable bonds is 9. The zero-order chi connectivity index (χ0) is 30.1. The molecule has 1 fully saturated rings. The number of benzene rings is 1. The summed E-state index contributed by atoms with van der Waals surface area (Å²) in [5.41, 5.74) is 2.91. The van der Waals surface area contributed by atoms with Crippen LogP contribution >= 0.6 is 11.3 Å². The van der Waals surface area contributed by atoms with Crippen LogP contribution in [0.3, 0.4) is 0 Å². The number of Topliss-reactive ketones (excluding diaryl/α,β-unsaturated/α-hetero) is 1. The number of imidazole rings is 1. The maximum atomic E-state index is 13.7. The molecule has 1 N–H and O–H groups in total. The number of esters is 1. The van der Waals surface area contributed by atoms with Crippen molar-refractivity contribution in [3.8, 4) is 5.75 Å². The summed E-state index contributed by atoms with van der Waals surface area (Å²) in [6, 6.07) is 9.51. The number of thiazole rings is 1. The first-order chi connectivity index (χ1) is 20.2. The lowest BCUT2D eigenvalue weighted by atomic mass is 9.96. The number of aromatic nitrogens is 3. The lowest BCUT2D eigenvalue weighted by Gasteiger charge is -2.23. The van der Waals surface area contributed by atoms with Gasteiger partial charge in [-0.25, -0.2) is 14.8 Å². The van der Waals surface area contributed by atoms with Gasteiger partial charge in [0.15, 0.2) is 10.9 Å². The lowest BCUT2D eigenvalue weighted by Crippen LogP contribution is -2.29. The second-order valence-corrected chi connectivity index (χ2v) is 10.5. The fourth-order valence-corrected chi connectivity index (χ4v) is 5.81. The van der Waals surface area contributed by atoms with Crippen LogP contribution in [0.25, 0.3) is 11.4 Å². The molecular formula is C31H28N4O6S. The molecule has 1 aliphatic rings. The number of ketones is 1. The van der Waals surface area contributed by atoms with Gasteiger partial charge in [-0.3, -0.25) is 14.5 Å². The minimum Gasteiger partial charge on any atom is -0.505 e. The van der Waals surface area contributed by atoms with Crippen molar-refractivity contribution in [3.63, 3.8) is 0 Å². The average Bonchev–Trinajstić information content (AvgIpc) is 3.62. The van der Waals surface area contributed by atoms with E-state index in [1.807, 2.05) is 29.7 Å². The van der Waals surface area contributed by atoms with E-state index in [2.05, 4.69) is 23.1 Å². The van der Waals surface area contributed by atoms with Gasteiger partial charge in [0.25, 0.3) is 5.78 Å². The van der Waals surface area contributed by atoms with Crippen LogP contribution in [0.2, 0.25) is 0 Å². The van der Waals surface area contributed by atoms with Crippen molar-refractivity contribution in [3.05, 3.63) is 107 Å². The predicted octanol–water partition coefficient (Wildman–Crippen LogP) is 5.25. The first kappa shape index (κ1) is 28.5. The number of aliphatic hydroxyl groups excluding tert-OH is 1. The summed E-state index contributed by atoms with van der Waals surface area (Å²) >= 11 is 0.921. The van der Waals surface area contributed by atoms with Gasteiger partial charge in [-0.05, 0) is 50.1 Å². The molecule has 10 nitrogen and oxygen atoms in total. The Labute approximate surface area is 245 Å². The molecule has 0 aliphatic carbocycles. The first-order valence-corrected chi connectivity index (χ1v) is 13.8. The minimum absolute atomic E-state index is 0.00532. The predicted molar refractivity (Wildman–Crippen MR) is 159 cm³/mol. The van der Waals surface area contributed by atoms with E-state index in [0.717, 1.165) is 16.9 Å². The van der Waals surface area contributed by atoms with Crippen LogP contribution in [0.5, 0.6) is 5.75 Å². The topological polar surface area (TPSA) is 123 Å². The lowest BCUT2D eigenvalue weighted by molar-refractivity contribution is -0.132. The number of ether oxygens (including phenoxy) is 2. The number of amides is 1. The summed E-state index contributed by atoms with van der Waals surface area (Å²) in [4.78, 5) is 50.5. The SMILES string of the molecule is C=CCOC(=O)c1sc(N2C(=O)C(=O)/C(=C(/O)c3nc4c(C)cccn4c3C)C2c2cccc(OCC=C)c2)nc1C. The summed E-state index contributed by atoms with van der Waals surface area (Å²) in [7, 11) is 0. The normalized spacial score (nSPS) is 16.2. The Morgan fingerprint density at radius 2 is 1.86 bits per heavy atom. The number of pyridine rings is 1. The molecule has 0 saturated carbocycles. The van der Waals surface area contributed by atoms with Crippen molar-refractivity contribution >= 4 is 45.5 Å². The van der Waals surface area contributed by atoms with E-state index in [1.54, 1.807) is 44.2 Å². The van der Waals surface area contributed by atoms with Crippen molar-refractivity contribution in [1.82, 2.24) is 14.4 Å². The molecule has 1 aliphatic heterocycles. The highest BCUT2D eigenvalue weighted by Crippen LogP contribution is 2.44. The third kappa shape index (κ3) is 4.88. The van der Waals surface area contributed by atoms with Crippen LogP contribution in [0.1, 0.15) is 43.9 Å². The molecule has 11 heteroatoms. The van der Waals surface area contributed by atoms with Gasteiger partial charge >= 0.3 is 11.9 Å². The highest BCUT2D eigenvalue weighted by molar-refractivity contribution is 7.17. The fraction of sp³-hybridized carbons (Fsp3) is 0.194. The molecule has 1 atom stereocenters. The summed E-state index contributed by atoms with van der Waals surface area (Å²) < 4.78 is 12.7. The number of hydrogen-bond donors (Lipinski definition) is 1. The number of nitrogens with zero attached hydrogens (tertiary/aromatic N) is 4. The number of anilines is 1. The monoisotopic (exact) mass is 584 g/mol. The first-order valence-electron chi connectivity index (χ1n) is 13.0. The molecular weight excluding hydrogens is 556 g/mol. The Kier molecular flexibility index (Phi) is 7.77. The van der Waals surface area contributed by atoms with Gasteiger partial charge in [-0.1, -0.05) is 54.8 Å². The quantitative estimate of drug-likeness (QED) is 0.0931. The Bertz CT molecular complexity index is 1800. The molecule has 1 saturated heterocycles. The van der Waals surface area contributed by atoms with Gasteiger partial charge in [0.2, 0.25) is 0 Å². The number of carbonyl (C=O) groups excluding carboxylic acids is 3. The van der Waals surface area contributed by atoms with Gasteiger partial charge in [-0.2, -0.15) is 0 Å². The van der Waals surface area contributed by atoms with E-state index >= 15 is 0 Å². The molecule has 0 radical (unpaired) electrons. The molecule has 4 heterocycles.